The lowest BCUT2D eigenvalue weighted by Crippen LogP contribution is -2.51. The standard InChI is InChI=1S/C23H21F3N2O3/c24-15-12-16(25)20(17(26)13-15)21(29)27-10-8-23(9-11-27)22(30)28-18(6-7-19(28)31-23)14-4-2-1-3-5-14/h1-5,12-13,18-19H,6-11H2/t18-,19+/m0/s1. The van der Waals surface area contributed by atoms with Crippen molar-refractivity contribution in [3.63, 3.8) is 0 Å². The van der Waals surface area contributed by atoms with Gasteiger partial charge in [0.2, 0.25) is 0 Å². The second-order valence-corrected chi connectivity index (χ2v) is 8.32. The van der Waals surface area contributed by atoms with Gasteiger partial charge >= 0.3 is 0 Å². The zero-order valence-corrected chi connectivity index (χ0v) is 16.7. The number of nitrogens with zero attached hydrogens (tertiary/aromatic N) is 2. The average Bonchev–Trinajstić information content (AvgIpc) is 3.27. The molecule has 0 aliphatic carbocycles. The third-order valence-corrected chi connectivity index (χ3v) is 6.58. The number of fused-ring (bicyclic) bond motifs is 1. The van der Waals surface area contributed by atoms with Crippen molar-refractivity contribution in [3.05, 3.63) is 71.0 Å². The zero-order chi connectivity index (χ0) is 21.8. The van der Waals surface area contributed by atoms with Gasteiger partial charge in [0.15, 0.2) is 5.60 Å². The van der Waals surface area contributed by atoms with Gasteiger partial charge in [0.25, 0.3) is 11.8 Å². The summed E-state index contributed by atoms with van der Waals surface area (Å²) in [7, 11) is 0. The third kappa shape index (κ3) is 3.20. The molecule has 2 aromatic rings. The first-order valence-corrected chi connectivity index (χ1v) is 10.4. The van der Waals surface area contributed by atoms with Crippen molar-refractivity contribution in [3.8, 4) is 0 Å². The van der Waals surface area contributed by atoms with Crippen molar-refractivity contribution in [1.82, 2.24) is 9.80 Å². The highest BCUT2D eigenvalue weighted by Crippen LogP contribution is 2.47. The molecule has 3 heterocycles. The molecule has 162 valence electrons. The van der Waals surface area contributed by atoms with E-state index in [4.69, 9.17) is 4.74 Å². The van der Waals surface area contributed by atoms with Crippen LogP contribution in [0.15, 0.2) is 42.5 Å². The van der Waals surface area contributed by atoms with Gasteiger partial charge in [-0.25, -0.2) is 13.2 Å². The SMILES string of the molecule is O=C(c1c(F)cc(F)cc1F)N1CCC2(CC1)O[C@@H]1CC[C@@H](c3ccccc3)N1C2=O. The quantitative estimate of drug-likeness (QED) is 0.728. The molecule has 3 fully saturated rings. The second-order valence-electron chi connectivity index (χ2n) is 8.32. The van der Waals surface area contributed by atoms with Gasteiger partial charge in [-0.15, -0.1) is 0 Å². The molecule has 0 bridgehead atoms. The molecule has 0 saturated carbocycles. The minimum atomic E-state index is -1.23. The fourth-order valence-electron chi connectivity index (χ4n) is 5.02. The van der Waals surface area contributed by atoms with Crippen molar-refractivity contribution in [2.24, 2.45) is 0 Å². The van der Waals surface area contributed by atoms with Crippen LogP contribution in [0, 0.1) is 17.5 Å². The summed E-state index contributed by atoms with van der Waals surface area (Å²) in [6.45, 7) is 0.245. The van der Waals surface area contributed by atoms with Crippen LogP contribution in [0.1, 0.15) is 47.6 Å². The monoisotopic (exact) mass is 430 g/mol. The van der Waals surface area contributed by atoms with Crippen molar-refractivity contribution in [2.75, 3.05) is 13.1 Å². The molecular formula is C23H21F3N2O3. The Morgan fingerprint density at radius 2 is 1.65 bits per heavy atom. The van der Waals surface area contributed by atoms with Gasteiger partial charge in [0.05, 0.1) is 6.04 Å². The fraction of sp³-hybridized carbons (Fsp3) is 0.391. The summed E-state index contributed by atoms with van der Waals surface area (Å²) in [5.74, 6) is -4.49. The van der Waals surface area contributed by atoms with Crippen LogP contribution in [0.25, 0.3) is 0 Å². The van der Waals surface area contributed by atoms with Crippen LogP contribution in [0.3, 0.4) is 0 Å². The van der Waals surface area contributed by atoms with E-state index in [1.165, 1.54) is 4.90 Å². The smallest absolute Gasteiger partial charge is 0.259 e. The maximum absolute atomic E-state index is 14.0. The minimum Gasteiger partial charge on any atom is -0.342 e. The molecule has 8 heteroatoms. The number of rotatable bonds is 2. The first-order chi connectivity index (χ1) is 14.9. The molecule has 5 rings (SSSR count). The van der Waals surface area contributed by atoms with E-state index in [1.54, 1.807) is 0 Å². The lowest BCUT2D eigenvalue weighted by Gasteiger charge is -2.37. The predicted molar refractivity (Wildman–Crippen MR) is 104 cm³/mol. The predicted octanol–water partition coefficient (Wildman–Crippen LogP) is 3.80. The van der Waals surface area contributed by atoms with Gasteiger partial charge in [0, 0.05) is 38.1 Å². The highest BCUT2D eigenvalue weighted by atomic mass is 19.1. The number of hydrogen-bond acceptors (Lipinski definition) is 3. The van der Waals surface area contributed by atoms with Crippen LogP contribution in [-0.4, -0.2) is 46.5 Å². The highest BCUT2D eigenvalue weighted by Gasteiger charge is 2.58. The van der Waals surface area contributed by atoms with E-state index in [0.717, 1.165) is 18.4 Å². The van der Waals surface area contributed by atoms with Gasteiger partial charge < -0.3 is 14.5 Å². The number of piperidine rings is 1. The normalized spacial score (nSPS) is 24.7. The van der Waals surface area contributed by atoms with Crippen molar-refractivity contribution < 1.29 is 27.5 Å². The number of hydrogen-bond donors (Lipinski definition) is 0. The molecule has 0 N–H and O–H groups in total. The summed E-state index contributed by atoms with van der Waals surface area (Å²) >= 11 is 0. The van der Waals surface area contributed by atoms with Gasteiger partial charge in [-0.05, 0) is 18.4 Å². The molecule has 2 atom stereocenters. The van der Waals surface area contributed by atoms with Crippen LogP contribution in [0.2, 0.25) is 0 Å². The van der Waals surface area contributed by atoms with E-state index in [2.05, 4.69) is 0 Å². The molecule has 2 aromatic carbocycles. The lowest BCUT2D eigenvalue weighted by molar-refractivity contribution is -0.142. The van der Waals surface area contributed by atoms with Gasteiger partial charge in [-0.1, -0.05) is 30.3 Å². The summed E-state index contributed by atoms with van der Waals surface area (Å²) in [5, 5.41) is 0. The molecule has 3 saturated heterocycles. The topological polar surface area (TPSA) is 49.9 Å². The Balaban J connectivity index is 1.32. The number of ether oxygens (including phenoxy) is 1. The number of halogens is 3. The van der Waals surface area contributed by atoms with E-state index in [-0.39, 0.29) is 44.1 Å². The number of benzene rings is 2. The van der Waals surface area contributed by atoms with Crippen LogP contribution >= 0.6 is 0 Å². The molecule has 31 heavy (non-hydrogen) atoms. The fourth-order valence-corrected chi connectivity index (χ4v) is 5.02. The first kappa shape index (κ1) is 20.1. The van der Waals surface area contributed by atoms with Crippen LogP contribution in [0.4, 0.5) is 13.2 Å². The Hall–Kier alpha value is -2.87. The third-order valence-electron chi connectivity index (χ3n) is 6.58. The van der Waals surface area contributed by atoms with Crippen LogP contribution < -0.4 is 0 Å². The van der Waals surface area contributed by atoms with E-state index in [1.807, 2.05) is 35.2 Å². The van der Waals surface area contributed by atoms with Gasteiger partial charge in [-0.3, -0.25) is 9.59 Å². The molecule has 3 aliphatic rings. The Bertz CT molecular complexity index is 1010. The maximum atomic E-state index is 14.0. The van der Waals surface area contributed by atoms with Crippen molar-refractivity contribution in [1.29, 1.82) is 0 Å². The molecule has 0 unspecified atom stereocenters. The van der Waals surface area contributed by atoms with E-state index in [0.29, 0.717) is 12.1 Å². The first-order valence-electron chi connectivity index (χ1n) is 10.4. The van der Waals surface area contributed by atoms with E-state index >= 15 is 0 Å². The summed E-state index contributed by atoms with van der Waals surface area (Å²) in [6.07, 6.45) is 1.76. The number of carbonyl (C=O) groups is 2. The van der Waals surface area contributed by atoms with E-state index < -0.39 is 34.5 Å². The molecule has 2 amide bonds. The Labute approximate surface area is 177 Å². The summed E-state index contributed by atoms with van der Waals surface area (Å²) in [4.78, 5) is 29.1. The molecular weight excluding hydrogens is 409 g/mol. The molecule has 5 nitrogen and oxygen atoms in total. The van der Waals surface area contributed by atoms with Crippen LogP contribution in [-0.2, 0) is 9.53 Å². The summed E-state index contributed by atoms with van der Waals surface area (Å²) < 4.78 is 47.4. The highest BCUT2D eigenvalue weighted by molar-refractivity contribution is 5.95. The molecule has 0 aromatic heterocycles. The molecule has 3 aliphatic heterocycles. The van der Waals surface area contributed by atoms with Gasteiger partial charge in [-0.2, -0.15) is 0 Å². The van der Waals surface area contributed by atoms with E-state index in [9.17, 15) is 22.8 Å². The number of likely N-dealkylation sites (tertiary alicyclic amines) is 1. The maximum Gasteiger partial charge on any atom is 0.259 e. The number of carbonyl (C=O) groups excluding carboxylic acids is 2. The molecule has 0 radical (unpaired) electrons. The minimum absolute atomic E-state index is 0.0415. The largest absolute Gasteiger partial charge is 0.342 e. The summed E-state index contributed by atoms with van der Waals surface area (Å²) in [6, 6.07) is 10.7. The van der Waals surface area contributed by atoms with Crippen molar-refractivity contribution in [2.45, 2.75) is 43.6 Å². The Morgan fingerprint density at radius 1 is 1.00 bits per heavy atom. The number of amides is 2. The van der Waals surface area contributed by atoms with Gasteiger partial charge in [0.1, 0.15) is 29.2 Å². The zero-order valence-electron chi connectivity index (χ0n) is 16.7. The Kier molecular flexibility index (Phi) is 4.77. The Morgan fingerprint density at radius 3 is 2.29 bits per heavy atom. The summed E-state index contributed by atoms with van der Waals surface area (Å²) in [5.41, 5.74) is -0.732. The van der Waals surface area contributed by atoms with Crippen LogP contribution in [0.5, 0.6) is 0 Å². The van der Waals surface area contributed by atoms with Crippen molar-refractivity contribution >= 4 is 11.8 Å². The molecule has 1 spiro atoms. The average molecular weight is 430 g/mol. The second kappa shape index (κ2) is 7.37. The lowest BCUT2D eigenvalue weighted by atomic mass is 9.89.